The molecule has 1 saturated carbocycles. The minimum Gasteiger partial charge on any atom is -0.507 e. The molecule has 0 atom stereocenters. The zero-order chi connectivity index (χ0) is 48.0. The van der Waals surface area contributed by atoms with Crippen LogP contribution in [0.25, 0.3) is 0 Å². The van der Waals surface area contributed by atoms with Crippen LogP contribution in [0.3, 0.4) is 0 Å². The van der Waals surface area contributed by atoms with Crippen LogP contribution in [-0.2, 0) is 47.7 Å². The molecule has 0 unspecified atom stereocenters. The molecule has 366 valence electrons. The molecule has 0 saturated heterocycles. The molecule has 2 aromatic rings. The average Bonchev–Trinajstić information content (AvgIpc) is 3.21. The lowest BCUT2D eigenvalue weighted by Gasteiger charge is -2.32. The van der Waals surface area contributed by atoms with Gasteiger partial charge in [-0.25, -0.2) is 0 Å². The van der Waals surface area contributed by atoms with E-state index in [-0.39, 0.29) is 35.8 Å². The highest BCUT2D eigenvalue weighted by atomic mass is 32.1. The Balaban J connectivity index is 0.000000601. The van der Waals surface area contributed by atoms with Crippen molar-refractivity contribution < 1.29 is 39.2 Å². The summed E-state index contributed by atoms with van der Waals surface area (Å²) in [5.74, 6) is 1.71. The van der Waals surface area contributed by atoms with Crippen molar-refractivity contribution in [1.82, 2.24) is 0 Å². The Morgan fingerprint density at radius 2 is 1.09 bits per heavy atom. The Labute approximate surface area is 405 Å². The minimum absolute atomic E-state index is 0.0171. The largest absolute Gasteiger partial charge is 0.507 e. The molecule has 3 rings (SSSR count). The van der Waals surface area contributed by atoms with Crippen LogP contribution in [-0.4, -0.2) is 57.1 Å². The Kier molecular flexibility index (Phi) is 31.5. The van der Waals surface area contributed by atoms with Gasteiger partial charge in [-0.1, -0.05) is 137 Å². The maximum absolute atomic E-state index is 11.5. The van der Waals surface area contributed by atoms with E-state index in [9.17, 15) is 24.6 Å². The summed E-state index contributed by atoms with van der Waals surface area (Å²) in [6.07, 6.45) is 24.6. The molecule has 0 aromatic heterocycles. The summed E-state index contributed by atoms with van der Waals surface area (Å²) in [6, 6.07) is 8.53. The molecule has 2 aromatic carbocycles. The number of ether oxygens (including phenoxy) is 2. The predicted molar refractivity (Wildman–Crippen MR) is 276 cm³/mol. The number of esters is 2. The Bertz CT molecular complexity index is 1580. The quantitative estimate of drug-likeness (QED) is 0.0312. The number of carbonyl (C=O) groups excluding carboxylic acids is 2. The zero-order valence-corrected chi connectivity index (χ0v) is 43.6. The van der Waals surface area contributed by atoms with Gasteiger partial charge >= 0.3 is 17.9 Å². The van der Waals surface area contributed by atoms with Gasteiger partial charge in [0.2, 0.25) is 0 Å². The zero-order valence-electron chi connectivity index (χ0n) is 40.9. The topological polar surface area (TPSA) is 130 Å². The standard InChI is InChI=1S/C31H54O3S.C19H28O3S.C3H6O2S/c1-7-19-30(3,4)26-23-25(24-27(29(26)33)31(5,6)20-8-2)17-15-13-11-9-10-12-14-16-21-34-28(32)18-22-35;1-14-11-15(13-22-18(20)9-10-23)12-17(19(14)21)16-7-5-3-2-4-6-8-16;4-3(5)1-2-6/h23-24,33,35H,7-22H2,1-6H3;11-12,16,21,23H,2-10,13H2,1H3;6H,1-2H2,(H,4,5). The van der Waals surface area contributed by atoms with Crippen molar-refractivity contribution in [2.24, 2.45) is 0 Å². The molecule has 1 fully saturated rings. The first kappa shape index (κ1) is 59.5. The summed E-state index contributed by atoms with van der Waals surface area (Å²) in [4.78, 5) is 32.4. The first-order valence-electron chi connectivity index (χ1n) is 24.5. The molecule has 0 heterocycles. The Morgan fingerprint density at radius 3 is 1.56 bits per heavy atom. The number of carbonyl (C=O) groups is 3. The number of carboxylic acids is 1. The Morgan fingerprint density at radius 1 is 0.625 bits per heavy atom. The molecule has 11 heteroatoms. The van der Waals surface area contributed by atoms with Gasteiger partial charge < -0.3 is 24.8 Å². The van der Waals surface area contributed by atoms with Crippen LogP contribution in [0, 0.1) is 6.92 Å². The van der Waals surface area contributed by atoms with Crippen LogP contribution in [0.2, 0.25) is 0 Å². The van der Waals surface area contributed by atoms with Gasteiger partial charge in [-0.05, 0) is 103 Å². The van der Waals surface area contributed by atoms with Crippen molar-refractivity contribution in [3.8, 4) is 11.5 Å². The number of aromatic hydroxyl groups is 2. The van der Waals surface area contributed by atoms with Crippen molar-refractivity contribution in [3.63, 3.8) is 0 Å². The third-order valence-corrected chi connectivity index (χ3v) is 13.0. The van der Waals surface area contributed by atoms with Gasteiger partial charge in [0, 0.05) is 28.4 Å². The lowest BCUT2D eigenvalue weighted by Crippen LogP contribution is -2.22. The molecular weight excluding hydrogens is 861 g/mol. The maximum atomic E-state index is 11.5. The number of benzene rings is 2. The molecule has 0 aliphatic heterocycles. The summed E-state index contributed by atoms with van der Waals surface area (Å²) in [7, 11) is 0. The number of aryl methyl sites for hydroxylation is 2. The maximum Gasteiger partial charge on any atom is 0.306 e. The number of unbranched alkanes of at least 4 members (excludes halogenated alkanes) is 7. The number of hydrogen-bond acceptors (Lipinski definition) is 10. The van der Waals surface area contributed by atoms with E-state index >= 15 is 0 Å². The summed E-state index contributed by atoms with van der Waals surface area (Å²) in [6.45, 7) is 16.3. The molecule has 0 amide bonds. The van der Waals surface area contributed by atoms with Crippen LogP contribution in [0.1, 0.15) is 222 Å². The fraction of sp³-hybridized carbons (Fsp3) is 0.717. The van der Waals surface area contributed by atoms with Gasteiger partial charge in [0.25, 0.3) is 0 Å². The summed E-state index contributed by atoms with van der Waals surface area (Å²) < 4.78 is 10.5. The van der Waals surface area contributed by atoms with E-state index in [1.54, 1.807) is 0 Å². The molecule has 0 spiro atoms. The third kappa shape index (κ3) is 24.3. The number of carboxylic acid groups (broad SMARTS) is 1. The Hall–Kier alpha value is -2.50. The smallest absolute Gasteiger partial charge is 0.306 e. The van der Waals surface area contributed by atoms with Crippen LogP contribution in [0.15, 0.2) is 24.3 Å². The van der Waals surface area contributed by atoms with Gasteiger partial charge in [-0.15, -0.1) is 0 Å². The van der Waals surface area contributed by atoms with E-state index in [0.717, 1.165) is 85.6 Å². The van der Waals surface area contributed by atoms with Crippen LogP contribution >= 0.6 is 37.9 Å². The van der Waals surface area contributed by atoms with Gasteiger partial charge in [0.15, 0.2) is 0 Å². The normalized spacial score (nSPS) is 13.4. The molecule has 0 bridgehead atoms. The molecule has 8 nitrogen and oxygen atoms in total. The van der Waals surface area contributed by atoms with Crippen molar-refractivity contribution in [3.05, 3.63) is 57.6 Å². The van der Waals surface area contributed by atoms with Crippen molar-refractivity contribution in [1.29, 1.82) is 0 Å². The molecule has 1 aliphatic rings. The third-order valence-electron chi connectivity index (χ3n) is 12.3. The van der Waals surface area contributed by atoms with E-state index in [1.807, 2.05) is 19.1 Å². The summed E-state index contributed by atoms with van der Waals surface area (Å²) >= 11 is 11.8. The average molecular weight is 949 g/mol. The SMILES string of the molecule is CCCC(C)(C)c1cc(CCCCCCCCCCOC(=O)CCS)cc(C(C)(C)CCC)c1O.Cc1cc(COC(=O)CCS)cc(C2CCCCCCC2)c1O.O=C(O)CCS. The van der Waals surface area contributed by atoms with E-state index < -0.39 is 5.97 Å². The van der Waals surface area contributed by atoms with E-state index in [2.05, 4.69) is 91.6 Å². The van der Waals surface area contributed by atoms with Crippen LogP contribution < -0.4 is 0 Å². The molecule has 64 heavy (non-hydrogen) atoms. The number of phenols is 2. The summed E-state index contributed by atoms with van der Waals surface area (Å²) in [5.41, 5.74) is 6.48. The molecule has 1 aliphatic carbocycles. The number of hydrogen-bond donors (Lipinski definition) is 6. The first-order chi connectivity index (χ1) is 30.5. The van der Waals surface area contributed by atoms with Crippen LogP contribution in [0.5, 0.6) is 11.5 Å². The van der Waals surface area contributed by atoms with Crippen molar-refractivity contribution >= 4 is 55.8 Å². The van der Waals surface area contributed by atoms with Crippen molar-refractivity contribution in [2.45, 2.75) is 219 Å². The fourth-order valence-electron chi connectivity index (χ4n) is 8.70. The summed E-state index contributed by atoms with van der Waals surface area (Å²) in [5, 5.41) is 29.7. The first-order valence-corrected chi connectivity index (χ1v) is 26.4. The number of thiol groups is 3. The van der Waals surface area contributed by atoms with Gasteiger partial charge in [0.1, 0.15) is 18.1 Å². The van der Waals surface area contributed by atoms with E-state index in [1.165, 1.54) is 76.2 Å². The highest BCUT2D eigenvalue weighted by Gasteiger charge is 2.30. The predicted octanol–water partition coefficient (Wildman–Crippen LogP) is 14.4. The lowest BCUT2D eigenvalue weighted by atomic mass is 9.73. The molecule has 3 N–H and O–H groups in total. The lowest BCUT2D eigenvalue weighted by molar-refractivity contribution is -0.144. The van der Waals surface area contributed by atoms with Crippen LogP contribution in [0.4, 0.5) is 0 Å². The molecular formula is C53H88O8S3. The van der Waals surface area contributed by atoms with Gasteiger partial charge in [0.05, 0.1) is 25.9 Å². The molecule has 0 radical (unpaired) electrons. The van der Waals surface area contributed by atoms with Gasteiger partial charge in [-0.2, -0.15) is 37.9 Å². The van der Waals surface area contributed by atoms with E-state index in [4.69, 9.17) is 14.6 Å². The number of aliphatic carboxylic acids is 1. The number of rotatable bonds is 26. The highest BCUT2D eigenvalue weighted by molar-refractivity contribution is 7.80. The monoisotopic (exact) mass is 949 g/mol. The van der Waals surface area contributed by atoms with Crippen molar-refractivity contribution in [2.75, 3.05) is 23.9 Å². The second kappa shape index (κ2) is 33.9. The minimum atomic E-state index is -0.787. The van der Waals surface area contributed by atoms with Gasteiger partial charge in [-0.3, -0.25) is 14.4 Å². The highest BCUT2D eigenvalue weighted by Crippen LogP contribution is 2.44. The second-order valence-corrected chi connectivity index (χ2v) is 20.3. The number of phenolic OH excluding ortho intramolecular Hbond substituents is 2. The fourth-order valence-corrected chi connectivity index (χ4v) is 9.26. The second-order valence-electron chi connectivity index (χ2n) is 19.0. The van der Waals surface area contributed by atoms with E-state index in [0.29, 0.717) is 54.1 Å².